The van der Waals surface area contributed by atoms with Crippen LogP contribution in [0.5, 0.6) is 0 Å². The van der Waals surface area contributed by atoms with Gasteiger partial charge in [0.15, 0.2) is 5.82 Å². The van der Waals surface area contributed by atoms with Gasteiger partial charge in [-0.3, -0.25) is 0 Å². The number of hydrogen-bond acceptors (Lipinski definition) is 2. The molecule has 0 atom stereocenters. The highest BCUT2D eigenvalue weighted by molar-refractivity contribution is 6.30. The predicted octanol–water partition coefficient (Wildman–Crippen LogP) is 7.66. The molecule has 0 amide bonds. The zero-order valence-electron chi connectivity index (χ0n) is 18.1. The van der Waals surface area contributed by atoms with Gasteiger partial charge in [-0.25, -0.2) is 23.1 Å². The van der Waals surface area contributed by atoms with Gasteiger partial charge < -0.3 is 0 Å². The van der Waals surface area contributed by atoms with Gasteiger partial charge in [0.25, 0.3) is 0 Å². The molecule has 33 heavy (non-hydrogen) atoms. The van der Waals surface area contributed by atoms with Crippen molar-refractivity contribution in [1.29, 1.82) is 0 Å². The summed E-state index contributed by atoms with van der Waals surface area (Å²) in [4.78, 5) is 8.92. The number of aromatic nitrogens is 2. The lowest BCUT2D eigenvalue weighted by molar-refractivity contribution is 0.579. The molecule has 0 radical (unpaired) electrons. The van der Waals surface area contributed by atoms with Gasteiger partial charge in [0, 0.05) is 23.3 Å². The molecule has 168 valence electrons. The Morgan fingerprint density at radius 3 is 2.27 bits per heavy atom. The SMILES string of the molecule is C/C=C/CCc1cnc(-c2ccc3c(F)c(CCc4cc(F)c(Cl)c(F)c4)ccc3c2)nc1. The number of aryl methyl sites for hydroxylation is 3. The lowest BCUT2D eigenvalue weighted by Gasteiger charge is -2.09. The highest BCUT2D eigenvalue weighted by atomic mass is 35.5. The molecule has 4 aromatic rings. The molecular formula is C27H22ClF3N2. The van der Waals surface area contributed by atoms with Crippen molar-refractivity contribution >= 4 is 22.4 Å². The van der Waals surface area contributed by atoms with E-state index in [1.807, 2.05) is 37.5 Å². The van der Waals surface area contributed by atoms with E-state index >= 15 is 4.39 Å². The Morgan fingerprint density at radius 2 is 1.58 bits per heavy atom. The molecule has 0 bridgehead atoms. The number of nitrogens with zero attached hydrogens (tertiary/aromatic N) is 2. The molecular weight excluding hydrogens is 445 g/mol. The minimum atomic E-state index is -0.814. The van der Waals surface area contributed by atoms with Crippen LogP contribution in [-0.4, -0.2) is 9.97 Å². The zero-order chi connectivity index (χ0) is 23.4. The third-order valence-corrected chi connectivity index (χ3v) is 5.92. The predicted molar refractivity (Wildman–Crippen MR) is 127 cm³/mol. The van der Waals surface area contributed by atoms with E-state index in [1.165, 1.54) is 12.1 Å². The maximum Gasteiger partial charge on any atom is 0.159 e. The van der Waals surface area contributed by atoms with E-state index in [-0.39, 0.29) is 5.82 Å². The second kappa shape index (κ2) is 10.2. The van der Waals surface area contributed by atoms with Crippen molar-refractivity contribution < 1.29 is 13.2 Å². The standard InChI is InChI=1S/C27H22ClF3N2/c1-2-3-4-5-18-15-32-27(33-16-18)21-10-11-22-20(14-21)9-8-19(26(22)31)7-6-17-12-23(29)25(28)24(30)13-17/h2-3,8-16H,4-7H2,1H3/b3-2+. The molecule has 0 saturated heterocycles. The first-order valence-corrected chi connectivity index (χ1v) is 11.1. The molecule has 6 heteroatoms. The number of hydrogen-bond donors (Lipinski definition) is 0. The monoisotopic (exact) mass is 466 g/mol. The third kappa shape index (κ3) is 5.25. The van der Waals surface area contributed by atoms with Gasteiger partial charge in [-0.2, -0.15) is 0 Å². The second-order valence-electron chi connectivity index (χ2n) is 7.87. The van der Waals surface area contributed by atoms with E-state index in [4.69, 9.17) is 11.6 Å². The molecule has 0 N–H and O–H groups in total. The Balaban J connectivity index is 1.52. The Bertz CT molecular complexity index is 1290. The maximum absolute atomic E-state index is 15.1. The van der Waals surface area contributed by atoms with Crippen LogP contribution in [0.1, 0.15) is 30.0 Å². The number of benzene rings is 3. The van der Waals surface area contributed by atoms with E-state index < -0.39 is 16.7 Å². The van der Waals surface area contributed by atoms with Gasteiger partial charge in [-0.1, -0.05) is 48.0 Å². The average molecular weight is 467 g/mol. The van der Waals surface area contributed by atoms with Crippen LogP contribution in [0.2, 0.25) is 5.02 Å². The summed E-state index contributed by atoms with van der Waals surface area (Å²) in [5.74, 6) is -1.38. The molecule has 0 fully saturated rings. The molecule has 0 unspecified atom stereocenters. The lowest BCUT2D eigenvalue weighted by atomic mass is 9.99. The van der Waals surface area contributed by atoms with Crippen molar-refractivity contribution in [3.8, 4) is 11.4 Å². The van der Waals surface area contributed by atoms with Crippen LogP contribution in [0.25, 0.3) is 22.2 Å². The summed E-state index contributed by atoms with van der Waals surface area (Å²) in [7, 11) is 0. The molecule has 3 aromatic carbocycles. The summed E-state index contributed by atoms with van der Waals surface area (Å²) in [6.07, 6.45) is 10.2. The summed E-state index contributed by atoms with van der Waals surface area (Å²) in [5.41, 5.74) is 2.78. The Kier molecular flexibility index (Phi) is 7.09. The fourth-order valence-corrected chi connectivity index (χ4v) is 3.86. The molecule has 4 rings (SSSR count). The van der Waals surface area contributed by atoms with Gasteiger partial charge >= 0.3 is 0 Å². The number of rotatable bonds is 7. The van der Waals surface area contributed by atoms with Crippen LogP contribution in [0.4, 0.5) is 13.2 Å². The van der Waals surface area contributed by atoms with Crippen LogP contribution in [0, 0.1) is 17.5 Å². The largest absolute Gasteiger partial charge is 0.236 e. The van der Waals surface area contributed by atoms with Crippen molar-refractivity contribution in [3.63, 3.8) is 0 Å². The minimum absolute atomic E-state index is 0.291. The van der Waals surface area contributed by atoms with E-state index in [2.05, 4.69) is 16.0 Å². The number of fused-ring (bicyclic) bond motifs is 1. The van der Waals surface area contributed by atoms with Gasteiger partial charge in [-0.15, -0.1) is 0 Å². The quantitative estimate of drug-likeness (QED) is 0.206. The van der Waals surface area contributed by atoms with Gasteiger partial charge in [0.2, 0.25) is 0 Å². The summed E-state index contributed by atoms with van der Waals surface area (Å²) in [5, 5.41) is 0.685. The summed E-state index contributed by atoms with van der Waals surface area (Å²) < 4.78 is 42.5. The number of halogens is 4. The maximum atomic E-state index is 15.1. The first-order chi connectivity index (χ1) is 16.0. The number of allylic oxidation sites excluding steroid dienone is 2. The van der Waals surface area contributed by atoms with Crippen molar-refractivity contribution in [1.82, 2.24) is 9.97 Å². The first-order valence-electron chi connectivity index (χ1n) is 10.7. The molecule has 0 spiro atoms. The normalized spacial score (nSPS) is 11.5. The summed E-state index contributed by atoms with van der Waals surface area (Å²) >= 11 is 5.53. The Morgan fingerprint density at radius 1 is 0.848 bits per heavy atom. The highest BCUT2D eigenvalue weighted by Crippen LogP contribution is 2.27. The van der Waals surface area contributed by atoms with Crippen LogP contribution in [0.15, 0.2) is 67.0 Å². The van der Waals surface area contributed by atoms with Crippen molar-refractivity contribution in [2.45, 2.75) is 32.6 Å². The topological polar surface area (TPSA) is 25.8 Å². The lowest BCUT2D eigenvalue weighted by Crippen LogP contribution is -1.98. The van der Waals surface area contributed by atoms with Gasteiger partial charge in [-0.05, 0) is 72.9 Å². The van der Waals surface area contributed by atoms with Crippen LogP contribution in [-0.2, 0) is 19.3 Å². The molecule has 2 nitrogen and oxygen atoms in total. The van der Waals surface area contributed by atoms with Crippen LogP contribution in [0.3, 0.4) is 0 Å². The second-order valence-corrected chi connectivity index (χ2v) is 8.25. The van der Waals surface area contributed by atoms with Gasteiger partial charge in [0.05, 0.1) is 0 Å². The molecule has 1 aromatic heterocycles. The Labute approximate surface area is 195 Å². The van der Waals surface area contributed by atoms with E-state index in [9.17, 15) is 8.78 Å². The Hall–Kier alpha value is -3.18. The minimum Gasteiger partial charge on any atom is -0.236 e. The van der Waals surface area contributed by atoms with Crippen LogP contribution < -0.4 is 0 Å². The average Bonchev–Trinajstić information content (AvgIpc) is 2.82. The summed E-state index contributed by atoms with van der Waals surface area (Å²) in [6, 6.07) is 11.3. The van der Waals surface area contributed by atoms with Crippen molar-refractivity contribution in [2.75, 3.05) is 0 Å². The van der Waals surface area contributed by atoms with Gasteiger partial charge in [0.1, 0.15) is 22.5 Å². The fraction of sp³-hybridized carbons (Fsp3) is 0.185. The molecule has 0 aliphatic heterocycles. The summed E-state index contributed by atoms with van der Waals surface area (Å²) in [6.45, 7) is 1.99. The van der Waals surface area contributed by atoms with E-state index in [1.54, 1.807) is 18.2 Å². The fourth-order valence-electron chi connectivity index (χ4n) is 3.75. The molecule has 1 heterocycles. The highest BCUT2D eigenvalue weighted by Gasteiger charge is 2.12. The molecule has 0 saturated carbocycles. The van der Waals surface area contributed by atoms with Crippen LogP contribution >= 0.6 is 11.6 Å². The zero-order valence-corrected chi connectivity index (χ0v) is 18.8. The molecule has 0 aliphatic carbocycles. The van der Waals surface area contributed by atoms with E-state index in [0.717, 1.165) is 29.4 Å². The smallest absolute Gasteiger partial charge is 0.159 e. The van der Waals surface area contributed by atoms with E-state index in [0.29, 0.717) is 35.2 Å². The van der Waals surface area contributed by atoms with Crippen molar-refractivity contribution in [2.24, 2.45) is 0 Å². The third-order valence-electron chi connectivity index (χ3n) is 5.56. The first kappa shape index (κ1) is 23.0. The van der Waals surface area contributed by atoms with Crippen molar-refractivity contribution in [3.05, 3.63) is 106 Å². The molecule has 0 aliphatic rings.